The van der Waals surface area contributed by atoms with Gasteiger partial charge in [0.05, 0.1) is 6.54 Å². The lowest BCUT2D eigenvalue weighted by atomic mass is 10.2. The smallest absolute Gasteiger partial charge is 0.273 e. The van der Waals surface area contributed by atoms with E-state index in [1.165, 1.54) is 16.2 Å². The number of rotatable bonds is 5. The molecule has 1 heterocycles. The van der Waals surface area contributed by atoms with E-state index in [-0.39, 0.29) is 24.1 Å². The molecule has 18 heavy (non-hydrogen) atoms. The average Bonchev–Trinajstić information content (AvgIpc) is 2.72. The molecule has 1 aromatic rings. The first-order valence-electron chi connectivity index (χ1n) is 5.63. The number of aromatic nitrogens is 1. The molecule has 0 fully saturated rings. The van der Waals surface area contributed by atoms with Crippen LogP contribution >= 0.6 is 11.3 Å². The number of nitrogens with two attached hydrogens (primary N) is 1. The summed E-state index contributed by atoms with van der Waals surface area (Å²) < 4.78 is 0. The highest BCUT2D eigenvalue weighted by molar-refractivity contribution is 7.13. The second kappa shape index (κ2) is 6.34. The molecule has 3 N–H and O–H groups in total. The highest BCUT2D eigenvalue weighted by atomic mass is 32.1. The van der Waals surface area contributed by atoms with Gasteiger partial charge in [-0.05, 0) is 5.92 Å². The third-order valence-electron chi connectivity index (χ3n) is 2.18. The van der Waals surface area contributed by atoms with Gasteiger partial charge in [0.1, 0.15) is 5.69 Å². The third-order valence-corrected chi connectivity index (χ3v) is 2.85. The van der Waals surface area contributed by atoms with Crippen molar-refractivity contribution in [3.63, 3.8) is 0 Å². The van der Waals surface area contributed by atoms with Crippen LogP contribution in [0.1, 0.15) is 24.3 Å². The molecule has 0 aliphatic rings. The van der Waals surface area contributed by atoms with Crippen LogP contribution in [0.3, 0.4) is 0 Å². The molecule has 0 aliphatic carbocycles. The SMILES string of the molecule is CC(C)CNC(=O)CN(C)C(=O)c1csc(N)n1. The van der Waals surface area contributed by atoms with Gasteiger partial charge < -0.3 is 16.0 Å². The Balaban J connectivity index is 2.47. The van der Waals surface area contributed by atoms with Gasteiger partial charge in [-0.3, -0.25) is 9.59 Å². The number of carbonyl (C=O) groups is 2. The predicted octanol–water partition coefficient (Wildman–Crippen LogP) is 0.569. The molecule has 7 heteroatoms. The second-order valence-corrected chi connectivity index (χ2v) is 5.32. The predicted molar refractivity (Wildman–Crippen MR) is 71.3 cm³/mol. The zero-order valence-corrected chi connectivity index (χ0v) is 11.6. The van der Waals surface area contributed by atoms with Crippen molar-refractivity contribution >= 4 is 28.3 Å². The van der Waals surface area contributed by atoms with E-state index >= 15 is 0 Å². The van der Waals surface area contributed by atoms with E-state index < -0.39 is 0 Å². The number of anilines is 1. The number of thiazole rings is 1. The summed E-state index contributed by atoms with van der Waals surface area (Å²) in [6.07, 6.45) is 0. The molecule has 0 bridgehead atoms. The summed E-state index contributed by atoms with van der Waals surface area (Å²) in [6, 6.07) is 0. The van der Waals surface area contributed by atoms with Crippen LogP contribution in [0.4, 0.5) is 5.13 Å². The van der Waals surface area contributed by atoms with Crippen LogP contribution in [0, 0.1) is 5.92 Å². The summed E-state index contributed by atoms with van der Waals surface area (Å²) in [4.78, 5) is 28.6. The monoisotopic (exact) mass is 270 g/mol. The van der Waals surface area contributed by atoms with E-state index in [1.807, 2.05) is 13.8 Å². The summed E-state index contributed by atoms with van der Waals surface area (Å²) in [5.74, 6) is -0.0984. The second-order valence-electron chi connectivity index (χ2n) is 4.43. The Kier molecular flexibility index (Phi) is 5.08. The minimum absolute atomic E-state index is 0.0168. The summed E-state index contributed by atoms with van der Waals surface area (Å²) in [5.41, 5.74) is 5.73. The molecule has 100 valence electrons. The molecule has 0 saturated carbocycles. The molecule has 0 saturated heterocycles. The molecule has 0 atom stereocenters. The number of nitrogens with zero attached hydrogens (tertiary/aromatic N) is 2. The highest BCUT2D eigenvalue weighted by Crippen LogP contribution is 2.12. The van der Waals surface area contributed by atoms with Crippen LogP contribution in [0.15, 0.2) is 5.38 Å². The van der Waals surface area contributed by atoms with Crippen molar-refractivity contribution in [3.05, 3.63) is 11.1 Å². The van der Waals surface area contributed by atoms with Gasteiger partial charge in [-0.2, -0.15) is 0 Å². The molecule has 1 rings (SSSR count). The molecule has 0 spiro atoms. The standard InChI is InChI=1S/C11H18N4O2S/c1-7(2)4-13-9(16)5-15(3)10(17)8-6-18-11(12)14-8/h6-7H,4-5H2,1-3H3,(H2,12,14)(H,13,16). The minimum atomic E-state index is -0.303. The van der Waals surface area contributed by atoms with Crippen molar-refractivity contribution < 1.29 is 9.59 Å². The first-order chi connectivity index (χ1) is 8.40. The van der Waals surface area contributed by atoms with Crippen molar-refractivity contribution in [3.8, 4) is 0 Å². The largest absolute Gasteiger partial charge is 0.375 e. The van der Waals surface area contributed by atoms with Gasteiger partial charge in [-0.25, -0.2) is 4.98 Å². The van der Waals surface area contributed by atoms with Gasteiger partial charge in [0.25, 0.3) is 5.91 Å². The van der Waals surface area contributed by atoms with Crippen LogP contribution in [-0.2, 0) is 4.79 Å². The van der Waals surface area contributed by atoms with E-state index in [1.54, 1.807) is 12.4 Å². The number of hydrogen-bond acceptors (Lipinski definition) is 5. The zero-order chi connectivity index (χ0) is 13.7. The topological polar surface area (TPSA) is 88.3 Å². The number of hydrogen-bond donors (Lipinski definition) is 2. The maximum Gasteiger partial charge on any atom is 0.273 e. The summed E-state index contributed by atoms with van der Waals surface area (Å²) in [7, 11) is 1.56. The van der Waals surface area contributed by atoms with E-state index in [0.29, 0.717) is 17.6 Å². The molecule has 0 aromatic carbocycles. The zero-order valence-electron chi connectivity index (χ0n) is 10.8. The molecular weight excluding hydrogens is 252 g/mol. The van der Waals surface area contributed by atoms with E-state index in [2.05, 4.69) is 10.3 Å². The van der Waals surface area contributed by atoms with Crippen LogP contribution in [0.2, 0.25) is 0 Å². The lowest BCUT2D eigenvalue weighted by Gasteiger charge is -2.16. The summed E-state index contributed by atoms with van der Waals surface area (Å²) in [5, 5.41) is 4.68. The maximum absolute atomic E-state index is 11.9. The van der Waals surface area contributed by atoms with Gasteiger partial charge in [0.15, 0.2) is 5.13 Å². The van der Waals surface area contributed by atoms with Crippen molar-refractivity contribution in [1.82, 2.24) is 15.2 Å². The van der Waals surface area contributed by atoms with E-state index in [0.717, 1.165) is 0 Å². The number of carbonyl (C=O) groups excluding carboxylic acids is 2. The third kappa shape index (κ3) is 4.33. The van der Waals surface area contributed by atoms with Crippen molar-refractivity contribution in [2.75, 3.05) is 25.9 Å². The quantitative estimate of drug-likeness (QED) is 0.818. The number of amides is 2. The Morgan fingerprint density at radius 3 is 2.72 bits per heavy atom. The van der Waals surface area contributed by atoms with E-state index in [9.17, 15) is 9.59 Å². The highest BCUT2D eigenvalue weighted by Gasteiger charge is 2.17. The molecule has 0 aliphatic heterocycles. The van der Waals surface area contributed by atoms with Crippen LogP contribution in [-0.4, -0.2) is 41.8 Å². The van der Waals surface area contributed by atoms with Crippen molar-refractivity contribution in [1.29, 1.82) is 0 Å². The fraction of sp³-hybridized carbons (Fsp3) is 0.545. The number of nitrogen functional groups attached to an aromatic ring is 1. The van der Waals surface area contributed by atoms with Gasteiger partial charge in [-0.15, -0.1) is 11.3 Å². The molecule has 1 aromatic heterocycles. The number of nitrogens with one attached hydrogen (secondary N) is 1. The Morgan fingerprint density at radius 1 is 1.56 bits per heavy atom. The molecule has 0 unspecified atom stereocenters. The van der Waals surface area contributed by atoms with Gasteiger partial charge in [0, 0.05) is 19.0 Å². The lowest BCUT2D eigenvalue weighted by Crippen LogP contribution is -2.39. The Hall–Kier alpha value is -1.63. The minimum Gasteiger partial charge on any atom is -0.375 e. The Labute approximate surface area is 110 Å². The fourth-order valence-corrected chi connectivity index (χ4v) is 1.78. The van der Waals surface area contributed by atoms with Gasteiger partial charge in [0.2, 0.25) is 5.91 Å². The summed E-state index contributed by atoms with van der Waals surface area (Å²) >= 11 is 1.20. The Bertz CT molecular complexity index is 430. The molecule has 0 radical (unpaired) electrons. The maximum atomic E-state index is 11.9. The van der Waals surface area contributed by atoms with Crippen molar-refractivity contribution in [2.45, 2.75) is 13.8 Å². The van der Waals surface area contributed by atoms with Crippen LogP contribution in [0.25, 0.3) is 0 Å². The van der Waals surface area contributed by atoms with Crippen LogP contribution < -0.4 is 11.1 Å². The first-order valence-corrected chi connectivity index (χ1v) is 6.51. The van der Waals surface area contributed by atoms with E-state index in [4.69, 9.17) is 5.73 Å². The number of likely N-dealkylation sites (N-methyl/N-ethyl adjacent to an activating group) is 1. The molecular formula is C11H18N4O2S. The lowest BCUT2D eigenvalue weighted by molar-refractivity contribution is -0.121. The Morgan fingerprint density at radius 2 is 2.22 bits per heavy atom. The first kappa shape index (κ1) is 14.4. The fourth-order valence-electron chi connectivity index (χ4n) is 1.24. The summed E-state index contributed by atoms with van der Waals surface area (Å²) in [6.45, 7) is 4.63. The van der Waals surface area contributed by atoms with Crippen molar-refractivity contribution in [2.24, 2.45) is 5.92 Å². The molecule has 2 amide bonds. The average molecular weight is 270 g/mol. The van der Waals surface area contributed by atoms with Gasteiger partial charge >= 0.3 is 0 Å². The van der Waals surface area contributed by atoms with Gasteiger partial charge in [-0.1, -0.05) is 13.8 Å². The normalized spacial score (nSPS) is 10.4. The molecule has 6 nitrogen and oxygen atoms in total. The van der Waals surface area contributed by atoms with Crippen LogP contribution in [0.5, 0.6) is 0 Å².